The van der Waals surface area contributed by atoms with Crippen LogP contribution in [0.25, 0.3) is 5.69 Å². The zero-order chi connectivity index (χ0) is 23.6. The Hall–Kier alpha value is -3.47. The second-order valence-corrected chi connectivity index (χ2v) is 6.81. The number of hydrogen-bond donors (Lipinski definition) is 1. The summed E-state index contributed by atoms with van der Waals surface area (Å²) in [7, 11) is 0. The third-order valence-electron chi connectivity index (χ3n) is 4.17. The lowest BCUT2D eigenvalue weighted by Crippen LogP contribution is -2.27. The van der Waals surface area contributed by atoms with Gasteiger partial charge in [0.25, 0.3) is 5.91 Å². The van der Waals surface area contributed by atoms with Crippen molar-refractivity contribution < 1.29 is 31.5 Å². The summed E-state index contributed by atoms with van der Waals surface area (Å²) in [6.07, 6.45) is -4.70. The molecule has 2 aromatic carbocycles. The van der Waals surface area contributed by atoms with Crippen molar-refractivity contribution in [2.24, 2.45) is 0 Å². The van der Waals surface area contributed by atoms with Gasteiger partial charge in [-0.1, -0.05) is 23.7 Å². The van der Waals surface area contributed by atoms with Gasteiger partial charge in [-0.2, -0.15) is 27.1 Å². The summed E-state index contributed by atoms with van der Waals surface area (Å²) in [6.45, 7) is -1.74. The average molecular weight is 474 g/mol. The number of halogens is 6. The highest BCUT2D eigenvalue weighted by molar-refractivity contribution is 6.32. The minimum atomic E-state index is -4.70. The molecule has 0 atom stereocenters. The lowest BCUT2D eigenvalue weighted by Gasteiger charge is -2.16. The summed E-state index contributed by atoms with van der Waals surface area (Å²) in [5.41, 5.74) is -2.80. The molecule has 1 N–H and O–H groups in total. The monoisotopic (exact) mass is 473 g/mol. The van der Waals surface area contributed by atoms with E-state index in [-0.39, 0.29) is 27.8 Å². The molecule has 168 valence electrons. The van der Waals surface area contributed by atoms with Crippen LogP contribution >= 0.6 is 11.6 Å². The summed E-state index contributed by atoms with van der Waals surface area (Å²) >= 11 is 5.82. The van der Waals surface area contributed by atoms with Gasteiger partial charge in [0.05, 0.1) is 16.3 Å². The Morgan fingerprint density at radius 2 is 1.84 bits per heavy atom. The van der Waals surface area contributed by atoms with Crippen molar-refractivity contribution in [3.8, 4) is 11.4 Å². The minimum Gasteiger partial charge on any atom is -0.433 e. The number of ether oxygens (including phenoxy) is 1. The van der Waals surface area contributed by atoms with Crippen LogP contribution in [0.2, 0.25) is 5.02 Å². The van der Waals surface area contributed by atoms with Crippen LogP contribution < -0.4 is 15.5 Å². The van der Waals surface area contributed by atoms with Crippen molar-refractivity contribution in [3.05, 3.63) is 80.7 Å². The largest absolute Gasteiger partial charge is 0.433 e. The Labute approximate surface area is 182 Å². The van der Waals surface area contributed by atoms with Crippen LogP contribution in [0, 0.1) is 6.92 Å². The van der Waals surface area contributed by atoms with E-state index in [2.05, 4.69) is 15.2 Å². The van der Waals surface area contributed by atoms with E-state index in [0.29, 0.717) is 0 Å². The first-order valence-corrected chi connectivity index (χ1v) is 9.18. The van der Waals surface area contributed by atoms with Gasteiger partial charge in [-0.25, -0.2) is 4.68 Å². The SMILES string of the molecule is Cc1cc(=O)c(C(=O)Nc2ccc(OC(F)F)c(Cl)c2)nn1-c1ccccc1C(F)(F)F. The van der Waals surface area contributed by atoms with Gasteiger partial charge in [-0.05, 0) is 37.3 Å². The molecular weight excluding hydrogens is 461 g/mol. The van der Waals surface area contributed by atoms with Gasteiger partial charge in [0.1, 0.15) is 5.75 Å². The maximum Gasteiger partial charge on any atom is 0.418 e. The first-order valence-electron chi connectivity index (χ1n) is 8.80. The predicted molar refractivity (Wildman–Crippen MR) is 106 cm³/mol. The maximum absolute atomic E-state index is 13.4. The molecule has 3 rings (SSSR count). The fourth-order valence-corrected chi connectivity index (χ4v) is 3.03. The number of nitrogens with zero attached hydrogens (tertiary/aromatic N) is 2. The van der Waals surface area contributed by atoms with Crippen LogP contribution in [0.5, 0.6) is 5.75 Å². The molecule has 0 radical (unpaired) electrons. The molecule has 0 spiro atoms. The molecule has 1 aromatic heterocycles. The Morgan fingerprint density at radius 3 is 2.47 bits per heavy atom. The zero-order valence-electron chi connectivity index (χ0n) is 16.1. The van der Waals surface area contributed by atoms with Crippen LogP contribution in [0.15, 0.2) is 53.3 Å². The Kier molecular flexibility index (Phi) is 6.49. The van der Waals surface area contributed by atoms with E-state index < -0.39 is 35.4 Å². The number of rotatable bonds is 5. The van der Waals surface area contributed by atoms with Crippen LogP contribution in [-0.4, -0.2) is 22.3 Å². The molecule has 3 aromatic rings. The van der Waals surface area contributed by atoms with E-state index in [1.807, 2.05) is 0 Å². The number of benzene rings is 2. The van der Waals surface area contributed by atoms with Gasteiger partial charge in [0.15, 0.2) is 5.69 Å². The summed E-state index contributed by atoms with van der Waals surface area (Å²) < 4.78 is 69.8. The van der Waals surface area contributed by atoms with Crippen LogP contribution in [0.1, 0.15) is 21.7 Å². The molecule has 1 heterocycles. The lowest BCUT2D eigenvalue weighted by molar-refractivity contribution is -0.137. The second-order valence-electron chi connectivity index (χ2n) is 6.40. The van der Waals surface area contributed by atoms with E-state index in [1.54, 1.807) is 0 Å². The van der Waals surface area contributed by atoms with E-state index in [0.717, 1.165) is 35.0 Å². The Morgan fingerprint density at radius 1 is 1.16 bits per heavy atom. The standard InChI is InChI=1S/C20H13ClF5N3O3/c1-10-8-15(30)17(28-29(10)14-5-3-2-4-12(14)20(24,25)26)18(31)27-11-6-7-16(13(21)9-11)32-19(22)23/h2-9,19H,1H3,(H,27,31). The van der Waals surface area contributed by atoms with Crippen molar-refractivity contribution >= 4 is 23.2 Å². The number of anilines is 1. The topological polar surface area (TPSA) is 73.2 Å². The van der Waals surface area contributed by atoms with Crippen LogP contribution in [-0.2, 0) is 6.18 Å². The fourth-order valence-electron chi connectivity index (χ4n) is 2.81. The molecule has 0 aliphatic carbocycles. The number of carbonyl (C=O) groups excluding carboxylic acids is 1. The van der Waals surface area contributed by atoms with Gasteiger partial charge in [-0.3, -0.25) is 9.59 Å². The third kappa shape index (κ3) is 5.05. The Balaban J connectivity index is 1.98. The van der Waals surface area contributed by atoms with Crippen molar-refractivity contribution in [2.75, 3.05) is 5.32 Å². The van der Waals surface area contributed by atoms with E-state index in [9.17, 15) is 31.5 Å². The lowest BCUT2D eigenvalue weighted by atomic mass is 10.1. The summed E-state index contributed by atoms with van der Waals surface area (Å²) in [5, 5.41) is 5.89. The number of nitrogens with one attached hydrogen (secondary N) is 1. The number of aryl methyl sites for hydroxylation is 1. The van der Waals surface area contributed by atoms with Crippen molar-refractivity contribution in [1.82, 2.24) is 9.78 Å². The highest BCUT2D eigenvalue weighted by Gasteiger charge is 2.34. The average Bonchev–Trinajstić information content (AvgIpc) is 2.69. The molecule has 12 heteroatoms. The molecule has 6 nitrogen and oxygen atoms in total. The number of carbonyl (C=O) groups is 1. The zero-order valence-corrected chi connectivity index (χ0v) is 16.8. The van der Waals surface area contributed by atoms with Gasteiger partial charge in [0, 0.05) is 17.4 Å². The smallest absolute Gasteiger partial charge is 0.418 e. The first-order chi connectivity index (χ1) is 15.0. The fraction of sp³-hybridized carbons (Fsp3) is 0.150. The van der Waals surface area contributed by atoms with Crippen molar-refractivity contribution in [3.63, 3.8) is 0 Å². The maximum atomic E-state index is 13.4. The summed E-state index contributed by atoms with van der Waals surface area (Å²) in [5.74, 6) is -1.37. The molecule has 0 saturated carbocycles. The normalized spacial score (nSPS) is 11.5. The number of aromatic nitrogens is 2. The number of alkyl halides is 5. The highest BCUT2D eigenvalue weighted by atomic mass is 35.5. The quantitative estimate of drug-likeness (QED) is 0.525. The molecule has 0 saturated heterocycles. The molecule has 32 heavy (non-hydrogen) atoms. The molecule has 0 unspecified atom stereocenters. The minimum absolute atomic E-state index is 0.0191. The number of para-hydroxylation sites is 1. The molecule has 0 fully saturated rings. The second kappa shape index (κ2) is 8.95. The summed E-state index contributed by atoms with van der Waals surface area (Å²) in [6, 6.07) is 8.88. The molecular formula is C20H13ClF5N3O3. The van der Waals surface area contributed by atoms with E-state index in [4.69, 9.17) is 11.6 Å². The summed E-state index contributed by atoms with van der Waals surface area (Å²) in [4.78, 5) is 24.9. The highest BCUT2D eigenvalue weighted by Crippen LogP contribution is 2.33. The Bertz CT molecular complexity index is 1230. The third-order valence-corrected chi connectivity index (χ3v) is 4.46. The van der Waals surface area contributed by atoms with E-state index >= 15 is 0 Å². The molecule has 0 aliphatic rings. The van der Waals surface area contributed by atoms with Gasteiger partial charge in [0.2, 0.25) is 5.43 Å². The predicted octanol–water partition coefficient (Wildman–Crippen LogP) is 5.07. The van der Waals surface area contributed by atoms with Crippen molar-refractivity contribution in [2.45, 2.75) is 19.7 Å². The molecule has 1 amide bonds. The molecule has 0 bridgehead atoms. The van der Waals surface area contributed by atoms with Crippen molar-refractivity contribution in [1.29, 1.82) is 0 Å². The number of amides is 1. The first kappa shape index (κ1) is 23.2. The van der Waals surface area contributed by atoms with E-state index in [1.165, 1.54) is 25.1 Å². The van der Waals surface area contributed by atoms with Gasteiger partial charge in [-0.15, -0.1) is 0 Å². The van der Waals surface area contributed by atoms with Gasteiger partial charge >= 0.3 is 12.8 Å². The number of hydrogen-bond acceptors (Lipinski definition) is 4. The van der Waals surface area contributed by atoms with Crippen LogP contribution in [0.3, 0.4) is 0 Å². The van der Waals surface area contributed by atoms with Crippen LogP contribution in [0.4, 0.5) is 27.6 Å². The molecule has 0 aliphatic heterocycles. The van der Waals surface area contributed by atoms with Gasteiger partial charge < -0.3 is 10.1 Å².